The Morgan fingerprint density at radius 3 is 2.75 bits per heavy atom. The fourth-order valence-corrected chi connectivity index (χ4v) is 2.73. The molecule has 84 valence electrons. The van der Waals surface area contributed by atoms with Crippen molar-refractivity contribution in [2.75, 3.05) is 11.2 Å². The van der Waals surface area contributed by atoms with Gasteiger partial charge in [-0.05, 0) is 25.5 Å². The molecule has 0 saturated carbocycles. The standard InChI is InChI=1S/C12H13ClN2S/c1-9-11(7-8-13)16-12(14-9)15-10-5-3-2-4-6-10/h2-6H,7-8H2,1H3,(H,14,15). The molecule has 16 heavy (non-hydrogen) atoms. The number of rotatable bonds is 4. The average Bonchev–Trinajstić information content (AvgIpc) is 2.61. The van der Waals surface area contributed by atoms with Crippen molar-refractivity contribution < 1.29 is 0 Å². The number of hydrogen-bond donors (Lipinski definition) is 1. The molecule has 0 radical (unpaired) electrons. The van der Waals surface area contributed by atoms with Gasteiger partial charge in [0.15, 0.2) is 5.13 Å². The van der Waals surface area contributed by atoms with Gasteiger partial charge in [0.2, 0.25) is 0 Å². The first-order valence-corrected chi connectivity index (χ1v) is 6.49. The normalized spacial score (nSPS) is 10.4. The van der Waals surface area contributed by atoms with Crippen LogP contribution < -0.4 is 5.32 Å². The van der Waals surface area contributed by atoms with E-state index < -0.39 is 0 Å². The average molecular weight is 253 g/mol. The van der Waals surface area contributed by atoms with Crippen LogP contribution in [0.25, 0.3) is 0 Å². The number of thiazole rings is 1. The van der Waals surface area contributed by atoms with E-state index in [-0.39, 0.29) is 0 Å². The van der Waals surface area contributed by atoms with E-state index in [4.69, 9.17) is 11.6 Å². The molecule has 4 heteroatoms. The molecule has 0 atom stereocenters. The minimum atomic E-state index is 0.647. The van der Waals surface area contributed by atoms with Crippen molar-refractivity contribution in [2.24, 2.45) is 0 Å². The molecule has 0 fully saturated rings. The Morgan fingerprint density at radius 2 is 2.06 bits per heavy atom. The topological polar surface area (TPSA) is 24.9 Å². The Morgan fingerprint density at radius 1 is 1.31 bits per heavy atom. The van der Waals surface area contributed by atoms with E-state index >= 15 is 0 Å². The van der Waals surface area contributed by atoms with Crippen molar-refractivity contribution >= 4 is 33.8 Å². The van der Waals surface area contributed by atoms with Gasteiger partial charge in [0.25, 0.3) is 0 Å². The van der Waals surface area contributed by atoms with E-state index in [2.05, 4.69) is 10.3 Å². The molecule has 0 unspecified atom stereocenters. The maximum absolute atomic E-state index is 5.74. The predicted octanol–water partition coefficient (Wildman–Crippen LogP) is 3.98. The summed E-state index contributed by atoms with van der Waals surface area (Å²) in [6.07, 6.45) is 0.890. The Kier molecular flexibility index (Phi) is 3.80. The molecule has 0 amide bonds. The third-order valence-electron chi connectivity index (χ3n) is 2.24. The molecule has 0 aliphatic rings. The number of aromatic nitrogens is 1. The molecule has 1 aromatic heterocycles. The Hall–Kier alpha value is -1.06. The second-order valence-corrected chi connectivity index (χ2v) is 4.92. The number of nitrogens with one attached hydrogen (secondary N) is 1. The van der Waals surface area contributed by atoms with E-state index in [0.717, 1.165) is 22.9 Å². The second kappa shape index (κ2) is 5.32. The lowest BCUT2D eigenvalue weighted by Gasteiger charge is -2.00. The van der Waals surface area contributed by atoms with Crippen LogP contribution in [0.1, 0.15) is 10.6 Å². The van der Waals surface area contributed by atoms with Crippen LogP contribution in [0.3, 0.4) is 0 Å². The van der Waals surface area contributed by atoms with Gasteiger partial charge < -0.3 is 5.32 Å². The van der Waals surface area contributed by atoms with E-state index in [9.17, 15) is 0 Å². The van der Waals surface area contributed by atoms with Gasteiger partial charge in [0.05, 0.1) is 5.69 Å². The number of benzene rings is 1. The minimum absolute atomic E-state index is 0.647. The minimum Gasteiger partial charge on any atom is -0.332 e. The van der Waals surface area contributed by atoms with E-state index in [1.54, 1.807) is 11.3 Å². The predicted molar refractivity (Wildman–Crippen MR) is 71.0 cm³/mol. The zero-order valence-electron chi connectivity index (χ0n) is 9.03. The van der Waals surface area contributed by atoms with E-state index in [1.165, 1.54) is 4.88 Å². The summed E-state index contributed by atoms with van der Waals surface area (Å²) in [7, 11) is 0. The molecule has 0 saturated heterocycles. The summed E-state index contributed by atoms with van der Waals surface area (Å²) in [5.74, 6) is 0.647. The molecular formula is C12H13ClN2S. The summed E-state index contributed by atoms with van der Waals surface area (Å²) in [4.78, 5) is 5.73. The number of aryl methyl sites for hydroxylation is 2. The molecule has 2 aromatic rings. The zero-order chi connectivity index (χ0) is 11.4. The van der Waals surface area contributed by atoms with Crippen LogP contribution in [0, 0.1) is 6.92 Å². The van der Waals surface area contributed by atoms with Crippen molar-refractivity contribution in [1.82, 2.24) is 4.98 Å². The first-order chi connectivity index (χ1) is 7.79. The van der Waals surface area contributed by atoms with E-state index in [1.807, 2.05) is 37.3 Å². The van der Waals surface area contributed by atoms with Gasteiger partial charge in [-0.3, -0.25) is 0 Å². The number of hydrogen-bond acceptors (Lipinski definition) is 3. The molecule has 1 aromatic carbocycles. The summed E-state index contributed by atoms with van der Waals surface area (Å²) in [6, 6.07) is 10.1. The van der Waals surface area contributed by atoms with Crippen molar-refractivity contribution in [2.45, 2.75) is 13.3 Å². The van der Waals surface area contributed by atoms with Crippen LogP contribution in [0.2, 0.25) is 0 Å². The fraction of sp³-hybridized carbons (Fsp3) is 0.250. The number of nitrogens with zero attached hydrogens (tertiary/aromatic N) is 1. The van der Waals surface area contributed by atoms with Crippen molar-refractivity contribution in [1.29, 1.82) is 0 Å². The van der Waals surface area contributed by atoms with Crippen LogP contribution in [0.4, 0.5) is 10.8 Å². The lowest BCUT2D eigenvalue weighted by molar-refractivity contribution is 1.12. The van der Waals surface area contributed by atoms with Gasteiger partial charge in [-0.25, -0.2) is 4.98 Å². The molecule has 0 spiro atoms. The monoisotopic (exact) mass is 252 g/mol. The number of alkyl halides is 1. The SMILES string of the molecule is Cc1nc(Nc2ccccc2)sc1CCCl. The third kappa shape index (κ3) is 2.74. The largest absolute Gasteiger partial charge is 0.332 e. The van der Waals surface area contributed by atoms with E-state index in [0.29, 0.717) is 5.88 Å². The molecule has 1 heterocycles. The number of anilines is 2. The maximum Gasteiger partial charge on any atom is 0.187 e. The highest BCUT2D eigenvalue weighted by Gasteiger charge is 2.06. The highest BCUT2D eigenvalue weighted by molar-refractivity contribution is 7.15. The number of halogens is 1. The lowest BCUT2D eigenvalue weighted by atomic mass is 10.3. The highest BCUT2D eigenvalue weighted by atomic mass is 35.5. The lowest BCUT2D eigenvalue weighted by Crippen LogP contribution is -1.88. The molecule has 0 aliphatic carbocycles. The van der Waals surface area contributed by atoms with Crippen molar-refractivity contribution in [3.8, 4) is 0 Å². The van der Waals surface area contributed by atoms with Gasteiger partial charge in [0, 0.05) is 16.4 Å². The summed E-state index contributed by atoms with van der Waals surface area (Å²) in [5, 5.41) is 4.22. The molecule has 2 nitrogen and oxygen atoms in total. The Balaban J connectivity index is 2.13. The fourth-order valence-electron chi connectivity index (χ4n) is 1.44. The van der Waals surface area contributed by atoms with Gasteiger partial charge in [-0.2, -0.15) is 0 Å². The van der Waals surface area contributed by atoms with Gasteiger partial charge in [-0.1, -0.05) is 18.2 Å². The first-order valence-electron chi connectivity index (χ1n) is 5.14. The molecule has 1 N–H and O–H groups in total. The number of para-hydroxylation sites is 1. The van der Waals surface area contributed by atoms with Crippen LogP contribution in [-0.4, -0.2) is 10.9 Å². The molecular weight excluding hydrogens is 240 g/mol. The Labute approximate surface area is 104 Å². The van der Waals surface area contributed by atoms with Crippen molar-refractivity contribution in [3.05, 3.63) is 40.9 Å². The maximum atomic E-state index is 5.74. The van der Waals surface area contributed by atoms with Crippen LogP contribution >= 0.6 is 22.9 Å². The van der Waals surface area contributed by atoms with Crippen LogP contribution in [0.15, 0.2) is 30.3 Å². The smallest absolute Gasteiger partial charge is 0.187 e. The Bertz CT molecular complexity index is 453. The first kappa shape index (κ1) is 11.4. The van der Waals surface area contributed by atoms with Crippen LogP contribution in [0.5, 0.6) is 0 Å². The van der Waals surface area contributed by atoms with Crippen molar-refractivity contribution in [3.63, 3.8) is 0 Å². The summed E-state index contributed by atoms with van der Waals surface area (Å²) in [5.41, 5.74) is 2.14. The quantitative estimate of drug-likeness (QED) is 0.833. The molecule has 0 aliphatic heterocycles. The van der Waals surface area contributed by atoms with Gasteiger partial charge in [-0.15, -0.1) is 22.9 Å². The van der Waals surface area contributed by atoms with Crippen LogP contribution in [-0.2, 0) is 6.42 Å². The zero-order valence-corrected chi connectivity index (χ0v) is 10.6. The summed E-state index contributed by atoms with van der Waals surface area (Å²) >= 11 is 7.41. The summed E-state index contributed by atoms with van der Waals surface area (Å²) < 4.78 is 0. The molecule has 0 bridgehead atoms. The second-order valence-electron chi connectivity index (χ2n) is 3.46. The highest BCUT2D eigenvalue weighted by Crippen LogP contribution is 2.26. The van der Waals surface area contributed by atoms with Gasteiger partial charge >= 0.3 is 0 Å². The molecule has 2 rings (SSSR count). The summed E-state index contributed by atoms with van der Waals surface area (Å²) in [6.45, 7) is 2.02. The third-order valence-corrected chi connectivity index (χ3v) is 3.56. The van der Waals surface area contributed by atoms with Gasteiger partial charge in [0.1, 0.15) is 0 Å².